The smallest absolute Gasteiger partial charge is 0.337 e. The van der Waals surface area contributed by atoms with Gasteiger partial charge in [-0.05, 0) is 32.0 Å². The molecule has 1 aromatic carbocycles. The molecule has 130 valence electrons. The van der Waals surface area contributed by atoms with E-state index in [-0.39, 0.29) is 17.2 Å². The van der Waals surface area contributed by atoms with Gasteiger partial charge in [0, 0.05) is 18.8 Å². The van der Waals surface area contributed by atoms with Crippen molar-refractivity contribution in [3.05, 3.63) is 41.5 Å². The lowest BCUT2D eigenvalue weighted by Crippen LogP contribution is -2.36. The van der Waals surface area contributed by atoms with Crippen LogP contribution < -0.4 is 5.32 Å². The Morgan fingerprint density at radius 2 is 1.58 bits per heavy atom. The second kappa shape index (κ2) is 8.71. The first kappa shape index (κ1) is 19.2. The van der Waals surface area contributed by atoms with Crippen LogP contribution in [0.3, 0.4) is 0 Å². The van der Waals surface area contributed by atoms with Crippen LogP contribution in [0.25, 0.3) is 0 Å². The number of hydrogen-bond acceptors (Lipinski definition) is 5. The summed E-state index contributed by atoms with van der Waals surface area (Å²) in [4.78, 5) is 37.4. The molecule has 2 amide bonds. The van der Waals surface area contributed by atoms with Gasteiger partial charge < -0.3 is 19.7 Å². The minimum atomic E-state index is -0.620. The lowest BCUT2D eigenvalue weighted by molar-refractivity contribution is 0.0599. The number of urea groups is 1. The van der Waals surface area contributed by atoms with Crippen molar-refractivity contribution >= 4 is 23.7 Å². The Hall–Kier alpha value is -2.83. The number of esters is 2. The third-order valence-electron chi connectivity index (χ3n) is 3.16. The number of ether oxygens (including phenoxy) is 2. The van der Waals surface area contributed by atoms with E-state index >= 15 is 0 Å². The molecule has 0 spiro atoms. The van der Waals surface area contributed by atoms with Gasteiger partial charge in [-0.1, -0.05) is 12.2 Å². The molecule has 7 heteroatoms. The molecule has 24 heavy (non-hydrogen) atoms. The number of benzene rings is 1. The molecule has 0 radical (unpaired) electrons. The number of hydrogen-bond donors (Lipinski definition) is 1. The van der Waals surface area contributed by atoms with Gasteiger partial charge in [-0.15, -0.1) is 0 Å². The van der Waals surface area contributed by atoms with Gasteiger partial charge in [0.1, 0.15) is 0 Å². The van der Waals surface area contributed by atoms with Crippen LogP contribution in [-0.4, -0.2) is 50.2 Å². The van der Waals surface area contributed by atoms with E-state index in [0.29, 0.717) is 18.8 Å². The molecule has 7 nitrogen and oxygen atoms in total. The Kier molecular flexibility index (Phi) is 6.98. The number of nitrogens with one attached hydrogen (secondary N) is 1. The molecule has 1 rings (SSSR count). The van der Waals surface area contributed by atoms with Crippen LogP contribution >= 0.6 is 0 Å². The predicted molar refractivity (Wildman–Crippen MR) is 90.2 cm³/mol. The topological polar surface area (TPSA) is 84.9 Å². The normalized spacial score (nSPS) is 9.83. The molecular weight excluding hydrogens is 312 g/mol. The van der Waals surface area contributed by atoms with Crippen molar-refractivity contribution in [3.63, 3.8) is 0 Å². The molecule has 0 fully saturated rings. The van der Waals surface area contributed by atoms with Crippen LogP contribution in [0, 0.1) is 0 Å². The fraction of sp³-hybridized carbons (Fsp3) is 0.353. The summed E-state index contributed by atoms with van der Waals surface area (Å²) in [5, 5.41) is 2.67. The molecule has 0 aliphatic heterocycles. The molecule has 0 aliphatic rings. The first-order valence-corrected chi connectivity index (χ1v) is 7.34. The summed E-state index contributed by atoms with van der Waals surface area (Å²) in [6, 6.07) is 3.85. The zero-order valence-electron chi connectivity index (χ0n) is 14.3. The maximum Gasteiger partial charge on any atom is 0.337 e. The van der Waals surface area contributed by atoms with E-state index in [9.17, 15) is 14.4 Å². The van der Waals surface area contributed by atoms with Crippen molar-refractivity contribution in [1.29, 1.82) is 0 Å². The first-order chi connectivity index (χ1) is 11.3. The van der Waals surface area contributed by atoms with E-state index < -0.39 is 11.9 Å². The van der Waals surface area contributed by atoms with E-state index in [1.54, 1.807) is 4.90 Å². The Labute approximate surface area is 141 Å². The Balaban J connectivity index is 3.13. The number of rotatable bonds is 6. The molecule has 0 heterocycles. The van der Waals surface area contributed by atoms with E-state index in [1.807, 2.05) is 13.8 Å². The number of methoxy groups -OCH3 is 2. The fourth-order valence-electron chi connectivity index (χ4n) is 2.03. The summed E-state index contributed by atoms with van der Waals surface area (Å²) in [6.07, 6.45) is 0. The average molecular weight is 334 g/mol. The van der Waals surface area contributed by atoms with E-state index in [1.165, 1.54) is 32.4 Å². The van der Waals surface area contributed by atoms with Crippen LogP contribution in [0.4, 0.5) is 10.5 Å². The zero-order valence-corrected chi connectivity index (χ0v) is 14.3. The third kappa shape index (κ3) is 5.12. The van der Waals surface area contributed by atoms with Crippen LogP contribution in [0.5, 0.6) is 0 Å². The Morgan fingerprint density at radius 1 is 1.08 bits per heavy atom. The number of likely N-dealkylation sites (N-methyl/N-ethyl adjacent to an activating group) is 1. The van der Waals surface area contributed by atoms with Crippen molar-refractivity contribution in [2.75, 3.05) is 32.6 Å². The minimum absolute atomic E-state index is 0.138. The van der Waals surface area contributed by atoms with Gasteiger partial charge >= 0.3 is 18.0 Å². The molecule has 1 aromatic rings. The maximum absolute atomic E-state index is 12.3. The molecular formula is C17H22N2O5. The highest BCUT2D eigenvalue weighted by Crippen LogP contribution is 2.18. The van der Waals surface area contributed by atoms with Crippen LogP contribution in [0.15, 0.2) is 30.4 Å². The molecule has 0 aliphatic carbocycles. The summed E-state index contributed by atoms with van der Waals surface area (Å²) in [5.74, 6) is -1.24. The van der Waals surface area contributed by atoms with Crippen molar-refractivity contribution in [2.24, 2.45) is 0 Å². The molecule has 1 N–H and O–H groups in total. The number of carbonyl (C=O) groups is 3. The van der Waals surface area contributed by atoms with Crippen molar-refractivity contribution in [1.82, 2.24) is 4.90 Å². The number of carbonyl (C=O) groups excluding carboxylic acids is 3. The lowest BCUT2D eigenvalue weighted by Gasteiger charge is -2.21. The van der Waals surface area contributed by atoms with E-state index in [0.717, 1.165) is 5.57 Å². The van der Waals surface area contributed by atoms with Gasteiger partial charge in [0.25, 0.3) is 0 Å². The maximum atomic E-state index is 12.3. The minimum Gasteiger partial charge on any atom is -0.465 e. The van der Waals surface area contributed by atoms with Gasteiger partial charge in [-0.25, -0.2) is 14.4 Å². The monoisotopic (exact) mass is 334 g/mol. The SMILES string of the molecule is C=C(C)CN(CC)C(=O)Nc1cc(C(=O)OC)cc(C(=O)OC)c1. The Bertz CT molecular complexity index is 620. The molecule has 0 aromatic heterocycles. The third-order valence-corrected chi connectivity index (χ3v) is 3.16. The Morgan fingerprint density at radius 3 is 1.96 bits per heavy atom. The average Bonchev–Trinajstić information content (AvgIpc) is 2.57. The summed E-state index contributed by atoms with van der Waals surface area (Å²) in [6.45, 7) is 8.34. The summed E-state index contributed by atoms with van der Waals surface area (Å²) < 4.78 is 9.32. The standard InChI is InChI=1S/C17H22N2O5/c1-6-19(10-11(2)3)17(22)18-14-8-12(15(20)23-4)7-13(9-14)16(21)24-5/h7-9H,2,6,10H2,1,3-5H3,(H,18,22). The fourth-order valence-corrected chi connectivity index (χ4v) is 2.03. The van der Waals surface area contributed by atoms with Crippen LogP contribution in [0.2, 0.25) is 0 Å². The summed E-state index contributed by atoms with van der Waals surface area (Å²) in [7, 11) is 2.47. The van der Waals surface area contributed by atoms with Crippen molar-refractivity contribution < 1.29 is 23.9 Å². The number of nitrogens with zero attached hydrogens (tertiary/aromatic N) is 1. The largest absolute Gasteiger partial charge is 0.465 e. The predicted octanol–water partition coefficient (Wildman–Crippen LogP) is 2.69. The molecule has 0 unspecified atom stereocenters. The highest BCUT2D eigenvalue weighted by Gasteiger charge is 2.17. The highest BCUT2D eigenvalue weighted by molar-refractivity contribution is 5.99. The van der Waals surface area contributed by atoms with Crippen LogP contribution in [0.1, 0.15) is 34.6 Å². The molecule has 0 saturated heterocycles. The zero-order chi connectivity index (χ0) is 18.3. The van der Waals surface area contributed by atoms with Crippen molar-refractivity contribution in [2.45, 2.75) is 13.8 Å². The summed E-state index contributed by atoms with van der Waals surface area (Å²) >= 11 is 0. The van der Waals surface area contributed by atoms with Crippen LogP contribution in [-0.2, 0) is 9.47 Å². The highest BCUT2D eigenvalue weighted by atomic mass is 16.5. The van der Waals surface area contributed by atoms with Gasteiger partial charge in [-0.3, -0.25) is 0 Å². The van der Waals surface area contributed by atoms with Gasteiger partial charge in [0.2, 0.25) is 0 Å². The van der Waals surface area contributed by atoms with Gasteiger partial charge in [0.05, 0.1) is 25.3 Å². The van der Waals surface area contributed by atoms with Gasteiger partial charge in [0.15, 0.2) is 0 Å². The van der Waals surface area contributed by atoms with Crippen molar-refractivity contribution in [3.8, 4) is 0 Å². The second-order valence-corrected chi connectivity index (χ2v) is 5.18. The van der Waals surface area contributed by atoms with E-state index in [4.69, 9.17) is 0 Å². The first-order valence-electron chi connectivity index (χ1n) is 7.34. The van der Waals surface area contributed by atoms with E-state index in [2.05, 4.69) is 21.4 Å². The number of anilines is 1. The summed E-state index contributed by atoms with van der Waals surface area (Å²) in [5.41, 5.74) is 1.41. The second-order valence-electron chi connectivity index (χ2n) is 5.18. The molecule has 0 atom stereocenters. The van der Waals surface area contributed by atoms with Gasteiger partial charge in [-0.2, -0.15) is 0 Å². The number of amides is 2. The molecule has 0 saturated carbocycles. The molecule has 0 bridgehead atoms. The lowest BCUT2D eigenvalue weighted by atomic mass is 10.1. The quantitative estimate of drug-likeness (QED) is 0.638.